The zero-order valence-corrected chi connectivity index (χ0v) is 16.4. The Balaban J connectivity index is 1.63. The topological polar surface area (TPSA) is 74.6 Å². The fraction of sp³-hybridized carbons (Fsp3) is 0.500. The van der Waals surface area contributed by atoms with Gasteiger partial charge in [-0.25, -0.2) is 4.98 Å². The fourth-order valence-corrected chi connectivity index (χ4v) is 3.95. The molecule has 4 rings (SSSR count). The van der Waals surface area contributed by atoms with Gasteiger partial charge in [0.1, 0.15) is 6.04 Å². The Morgan fingerprint density at radius 3 is 2.50 bits per heavy atom. The molecule has 1 unspecified atom stereocenters. The summed E-state index contributed by atoms with van der Waals surface area (Å²) in [7, 11) is 3.73. The molecular formula is C20H26N6O2. The van der Waals surface area contributed by atoms with Gasteiger partial charge in [-0.15, -0.1) is 0 Å². The van der Waals surface area contributed by atoms with Gasteiger partial charge in [0.25, 0.3) is 5.56 Å². The van der Waals surface area contributed by atoms with Crippen LogP contribution in [-0.2, 0) is 11.8 Å². The van der Waals surface area contributed by atoms with E-state index < -0.39 is 0 Å². The minimum absolute atomic E-state index is 0.113. The lowest BCUT2D eigenvalue weighted by molar-refractivity contribution is -0.135. The van der Waals surface area contributed by atoms with Crippen molar-refractivity contribution in [3.05, 3.63) is 40.9 Å². The molecule has 1 amide bonds. The average Bonchev–Trinajstić information content (AvgIpc) is 3.25. The van der Waals surface area contributed by atoms with E-state index in [1.807, 2.05) is 24.1 Å². The fourth-order valence-electron chi connectivity index (χ4n) is 3.95. The molecule has 1 atom stereocenters. The van der Waals surface area contributed by atoms with Crippen molar-refractivity contribution >= 4 is 11.9 Å². The zero-order valence-electron chi connectivity index (χ0n) is 16.4. The molecule has 2 aromatic heterocycles. The zero-order chi connectivity index (χ0) is 19.7. The number of likely N-dealkylation sites (N-methyl/N-ethyl adjacent to an activating group) is 1. The number of aromatic nitrogens is 3. The monoisotopic (exact) mass is 382 g/mol. The lowest BCUT2D eigenvalue weighted by atomic mass is 10.1. The van der Waals surface area contributed by atoms with Crippen molar-refractivity contribution in [3.63, 3.8) is 0 Å². The van der Waals surface area contributed by atoms with Crippen LogP contribution in [0.25, 0.3) is 11.3 Å². The van der Waals surface area contributed by atoms with Crippen molar-refractivity contribution in [3.8, 4) is 11.3 Å². The Morgan fingerprint density at radius 1 is 1.07 bits per heavy atom. The summed E-state index contributed by atoms with van der Waals surface area (Å²) in [5.41, 5.74) is 1.37. The Hall–Kier alpha value is -2.74. The highest BCUT2D eigenvalue weighted by molar-refractivity contribution is 5.83. The van der Waals surface area contributed by atoms with E-state index in [2.05, 4.69) is 14.8 Å². The SMILES string of the molecule is CN1CCN(c2nc(-c3ccncc3)cc(=O)n2C)CC1C(=O)N1CCCC1. The predicted octanol–water partition coefficient (Wildman–Crippen LogP) is 0.585. The number of carbonyl (C=O) groups excluding carboxylic acids is 1. The highest BCUT2D eigenvalue weighted by atomic mass is 16.2. The van der Waals surface area contributed by atoms with Crippen LogP contribution in [-0.4, -0.2) is 76.1 Å². The van der Waals surface area contributed by atoms with E-state index in [-0.39, 0.29) is 17.5 Å². The summed E-state index contributed by atoms with van der Waals surface area (Å²) in [5.74, 6) is 0.784. The number of hydrogen-bond donors (Lipinski definition) is 0. The minimum atomic E-state index is -0.215. The van der Waals surface area contributed by atoms with Crippen LogP contribution < -0.4 is 10.5 Å². The number of hydrogen-bond acceptors (Lipinski definition) is 6. The van der Waals surface area contributed by atoms with Gasteiger partial charge in [0.2, 0.25) is 11.9 Å². The number of piperazine rings is 1. The highest BCUT2D eigenvalue weighted by Gasteiger charge is 2.35. The first kappa shape index (κ1) is 18.6. The molecule has 2 fully saturated rings. The lowest BCUT2D eigenvalue weighted by Gasteiger charge is -2.40. The molecule has 8 nitrogen and oxygen atoms in total. The molecular weight excluding hydrogens is 356 g/mol. The molecule has 2 aromatic rings. The molecule has 2 saturated heterocycles. The van der Waals surface area contributed by atoms with Crippen molar-refractivity contribution in [2.45, 2.75) is 18.9 Å². The van der Waals surface area contributed by atoms with Gasteiger partial charge in [-0.05, 0) is 32.0 Å². The van der Waals surface area contributed by atoms with Crippen LogP contribution in [0.3, 0.4) is 0 Å². The van der Waals surface area contributed by atoms with E-state index in [9.17, 15) is 9.59 Å². The number of anilines is 1. The average molecular weight is 382 g/mol. The minimum Gasteiger partial charge on any atom is -0.341 e. The Kier molecular flexibility index (Phi) is 5.13. The van der Waals surface area contributed by atoms with E-state index in [4.69, 9.17) is 4.98 Å². The molecule has 4 heterocycles. The summed E-state index contributed by atoms with van der Waals surface area (Å²) in [5, 5.41) is 0. The summed E-state index contributed by atoms with van der Waals surface area (Å²) in [6, 6.07) is 5.01. The Bertz CT molecular complexity index is 907. The van der Waals surface area contributed by atoms with Crippen molar-refractivity contribution in [1.29, 1.82) is 0 Å². The van der Waals surface area contributed by atoms with Crippen LogP contribution in [0.2, 0.25) is 0 Å². The van der Waals surface area contributed by atoms with Crippen LogP contribution in [0.1, 0.15) is 12.8 Å². The molecule has 0 saturated carbocycles. The Morgan fingerprint density at radius 2 is 1.79 bits per heavy atom. The van der Waals surface area contributed by atoms with Crippen molar-refractivity contribution in [2.24, 2.45) is 7.05 Å². The van der Waals surface area contributed by atoms with E-state index >= 15 is 0 Å². The van der Waals surface area contributed by atoms with Crippen LogP contribution >= 0.6 is 0 Å². The lowest BCUT2D eigenvalue weighted by Crippen LogP contribution is -2.58. The largest absolute Gasteiger partial charge is 0.341 e. The van der Waals surface area contributed by atoms with Gasteiger partial charge >= 0.3 is 0 Å². The number of amides is 1. The van der Waals surface area contributed by atoms with Crippen LogP contribution in [0.15, 0.2) is 35.4 Å². The summed E-state index contributed by atoms with van der Waals surface area (Å²) in [4.78, 5) is 40.5. The quantitative estimate of drug-likeness (QED) is 0.773. The Labute approximate surface area is 164 Å². The first-order valence-corrected chi connectivity index (χ1v) is 9.77. The molecule has 148 valence electrons. The normalized spacial score (nSPS) is 20.6. The molecule has 0 aromatic carbocycles. The third-order valence-corrected chi connectivity index (χ3v) is 5.72. The smallest absolute Gasteiger partial charge is 0.255 e. The molecule has 2 aliphatic rings. The first-order valence-electron chi connectivity index (χ1n) is 9.77. The third kappa shape index (κ3) is 3.52. The second-order valence-electron chi connectivity index (χ2n) is 7.55. The number of nitrogens with zero attached hydrogens (tertiary/aromatic N) is 6. The number of rotatable bonds is 3. The number of likely N-dealkylation sites (tertiary alicyclic amines) is 1. The summed E-state index contributed by atoms with van der Waals surface area (Å²) >= 11 is 0. The van der Waals surface area contributed by atoms with Gasteiger partial charge in [-0.3, -0.25) is 24.0 Å². The molecule has 0 bridgehead atoms. The first-order chi connectivity index (χ1) is 13.5. The second kappa shape index (κ2) is 7.71. The highest BCUT2D eigenvalue weighted by Crippen LogP contribution is 2.21. The van der Waals surface area contributed by atoms with Gasteiger partial charge in [0, 0.05) is 63.8 Å². The van der Waals surface area contributed by atoms with Gasteiger partial charge in [-0.1, -0.05) is 0 Å². The van der Waals surface area contributed by atoms with Gasteiger partial charge in [0.15, 0.2) is 0 Å². The van der Waals surface area contributed by atoms with Gasteiger partial charge in [-0.2, -0.15) is 0 Å². The molecule has 2 aliphatic heterocycles. The van der Waals surface area contributed by atoms with Crippen LogP contribution in [0.5, 0.6) is 0 Å². The van der Waals surface area contributed by atoms with Crippen LogP contribution in [0.4, 0.5) is 5.95 Å². The van der Waals surface area contributed by atoms with Crippen molar-refractivity contribution < 1.29 is 4.79 Å². The third-order valence-electron chi connectivity index (χ3n) is 5.72. The van der Waals surface area contributed by atoms with Crippen LogP contribution in [0, 0.1) is 0 Å². The van der Waals surface area contributed by atoms with Gasteiger partial charge < -0.3 is 9.80 Å². The van der Waals surface area contributed by atoms with E-state index in [0.717, 1.165) is 44.6 Å². The van der Waals surface area contributed by atoms with E-state index in [1.54, 1.807) is 30.1 Å². The molecule has 0 aliphatic carbocycles. The van der Waals surface area contributed by atoms with E-state index in [1.165, 1.54) is 0 Å². The molecule has 28 heavy (non-hydrogen) atoms. The predicted molar refractivity (Wildman–Crippen MR) is 107 cm³/mol. The van der Waals surface area contributed by atoms with Gasteiger partial charge in [0.05, 0.1) is 5.69 Å². The maximum absolute atomic E-state index is 13.0. The molecule has 0 N–H and O–H groups in total. The molecule has 0 radical (unpaired) electrons. The molecule has 0 spiro atoms. The summed E-state index contributed by atoms with van der Waals surface area (Å²) in [6.45, 7) is 3.70. The van der Waals surface area contributed by atoms with Crippen molar-refractivity contribution in [2.75, 3.05) is 44.7 Å². The maximum Gasteiger partial charge on any atom is 0.255 e. The molecule has 8 heteroatoms. The standard InChI is InChI=1S/C20H26N6O2/c1-23-11-12-26(14-17(23)19(28)25-9-3-4-10-25)20-22-16(13-18(27)24(20)2)15-5-7-21-8-6-15/h5-8,13,17H,3-4,9-12,14H2,1-2H3. The number of pyridine rings is 1. The van der Waals surface area contributed by atoms with E-state index in [0.29, 0.717) is 18.2 Å². The van der Waals surface area contributed by atoms with Crippen molar-refractivity contribution in [1.82, 2.24) is 24.3 Å². The maximum atomic E-state index is 13.0. The number of carbonyl (C=O) groups is 1. The second-order valence-corrected chi connectivity index (χ2v) is 7.55. The summed E-state index contributed by atoms with van der Waals surface area (Å²) < 4.78 is 1.56. The summed E-state index contributed by atoms with van der Waals surface area (Å²) in [6.07, 6.45) is 5.54.